The first kappa shape index (κ1) is 11.8. The van der Waals surface area contributed by atoms with E-state index in [1.807, 2.05) is 7.05 Å². The highest BCUT2D eigenvalue weighted by molar-refractivity contribution is 7.15. The van der Waals surface area contributed by atoms with Crippen molar-refractivity contribution in [3.8, 4) is 0 Å². The second kappa shape index (κ2) is 5.07. The zero-order valence-electron chi connectivity index (χ0n) is 9.93. The van der Waals surface area contributed by atoms with Crippen LogP contribution in [0, 0.1) is 0 Å². The molecule has 1 N–H and O–H groups in total. The van der Waals surface area contributed by atoms with Crippen molar-refractivity contribution in [3.05, 3.63) is 5.01 Å². The zero-order chi connectivity index (χ0) is 11.5. The summed E-state index contributed by atoms with van der Waals surface area (Å²) in [6.07, 6.45) is 0.612. The molecule has 5 nitrogen and oxygen atoms in total. The van der Waals surface area contributed by atoms with E-state index in [-0.39, 0.29) is 0 Å². The molecule has 0 saturated carbocycles. The molecule has 0 amide bonds. The Labute approximate surface area is 99.8 Å². The van der Waals surface area contributed by atoms with Gasteiger partial charge in [-0.05, 0) is 13.8 Å². The van der Waals surface area contributed by atoms with E-state index in [0.717, 1.165) is 29.8 Å². The first-order valence-electron chi connectivity index (χ1n) is 5.55. The van der Waals surface area contributed by atoms with Crippen molar-refractivity contribution in [1.29, 1.82) is 0 Å². The second-order valence-electron chi connectivity index (χ2n) is 4.20. The van der Waals surface area contributed by atoms with Crippen molar-refractivity contribution >= 4 is 16.5 Å². The fourth-order valence-corrected chi connectivity index (χ4v) is 2.76. The van der Waals surface area contributed by atoms with Crippen LogP contribution in [0.5, 0.6) is 0 Å². The minimum absolute atomic E-state index is 0.306. The van der Waals surface area contributed by atoms with Crippen molar-refractivity contribution in [3.63, 3.8) is 0 Å². The Bertz CT molecular complexity index is 333. The summed E-state index contributed by atoms with van der Waals surface area (Å²) < 4.78 is 5.69. The normalized spacial score (nSPS) is 26.9. The average Bonchev–Trinajstić information content (AvgIpc) is 2.64. The molecular formula is C10H18N4OS. The predicted molar refractivity (Wildman–Crippen MR) is 64.7 cm³/mol. The molecule has 90 valence electrons. The minimum Gasteiger partial charge on any atom is -0.373 e. The van der Waals surface area contributed by atoms with Gasteiger partial charge in [-0.1, -0.05) is 11.3 Å². The highest BCUT2D eigenvalue weighted by Gasteiger charge is 2.22. The smallest absolute Gasteiger partial charge is 0.205 e. The third-order valence-corrected chi connectivity index (χ3v) is 3.46. The Morgan fingerprint density at radius 3 is 2.62 bits per heavy atom. The molecule has 2 unspecified atom stereocenters. The monoisotopic (exact) mass is 242 g/mol. The van der Waals surface area contributed by atoms with Crippen molar-refractivity contribution in [1.82, 2.24) is 15.1 Å². The molecule has 6 heteroatoms. The SMILES string of the molecule is CNc1nnc(CN2CC(C)OC(C)C2)s1. The topological polar surface area (TPSA) is 50.3 Å². The molecule has 1 aliphatic heterocycles. The Morgan fingerprint density at radius 2 is 2.06 bits per heavy atom. The number of hydrogen-bond donors (Lipinski definition) is 1. The van der Waals surface area contributed by atoms with E-state index in [9.17, 15) is 0 Å². The number of ether oxygens (including phenoxy) is 1. The van der Waals surface area contributed by atoms with Crippen molar-refractivity contribution in [2.45, 2.75) is 32.6 Å². The van der Waals surface area contributed by atoms with Crippen molar-refractivity contribution in [2.75, 3.05) is 25.5 Å². The maximum Gasteiger partial charge on any atom is 0.205 e. The molecule has 0 bridgehead atoms. The minimum atomic E-state index is 0.306. The van der Waals surface area contributed by atoms with Gasteiger partial charge >= 0.3 is 0 Å². The fourth-order valence-electron chi connectivity index (χ4n) is 2.02. The zero-order valence-corrected chi connectivity index (χ0v) is 10.8. The van der Waals surface area contributed by atoms with E-state index in [0.29, 0.717) is 12.2 Å². The van der Waals surface area contributed by atoms with Crippen LogP contribution in [0.1, 0.15) is 18.9 Å². The highest BCUT2D eigenvalue weighted by Crippen LogP contribution is 2.18. The van der Waals surface area contributed by atoms with Crippen LogP contribution < -0.4 is 5.32 Å². The van der Waals surface area contributed by atoms with Crippen LogP contribution in [0.4, 0.5) is 5.13 Å². The Kier molecular flexibility index (Phi) is 3.73. The summed E-state index contributed by atoms with van der Waals surface area (Å²) in [6.45, 7) is 7.04. The van der Waals surface area contributed by atoms with E-state index in [2.05, 4.69) is 34.3 Å². The third kappa shape index (κ3) is 2.90. The average molecular weight is 242 g/mol. The largest absolute Gasteiger partial charge is 0.373 e. The number of aromatic nitrogens is 2. The molecular weight excluding hydrogens is 224 g/mol. The van der Waals surface area contributed by atoms with Gasteiger partial charge in [-0.25, -0.2) is 0 Å². The van der Waals surface area contributed by atoms with Gasteiger partial charge in [0.25, 0.3) is 0 Å². The molecule has 1 fully saturated rings. The molecule has 16 heavy (non-hydrogen) atoms. The molecule has 0 aromatic carbocycles. The van der Waals surface area contributed by atoms with Gasteiger partial charge in [0.05, 0.1) is 18.8 Å². The highest BCUT2D eigenvalue weighted by atomic mass is 32.1. The molecule has 1 aromatic rings. The Morgan fingerprint density at radius 1 is 1.38 bits per heavy atom. The van der Waals surface area contributed by atoms with Crippen LogP contribution in [0.3, 0.4) is 0 Å². The van der Waals surface area contributed by atoms with E-state index >= 15 is 0 Å². The molecule has 2 atom stereocenters. The molecule has 1 aliphatic rings. The number of nitrogens with one attached hydrogen (secondary N) is 1. The maximum absolute atomic E-state index is 5.69. The quantitative estimate of drug-likeness (QED) is 0.863. The number of morpholine rings is 1. The number of nitrogens with zero attached hydrogens (tertiary/aromatic N) is 3. The summed E-state index contributed by atoms with van der Waals surface area (Å²) in [4.78, 5) is 2.37. The van der Waals surface area contributed by atoms with Gasteiger partial charge in [-0.2, -0.15) is 0 Å². The summed E-state index contributed by atoms with van der Waals surface area (Å²) in [5.41, 5.74) is 0. The van der Waals surface area contributed by atoms with E-state index in [1.165, 1.54) is 0 Å². The van der Waals surface area contributed by atoms with Crippen LogP contribution in [0.25, 0.3) is 0 Å². The summed E-state index contributed by atoms with van der Waals surface area (Å²) in [5, 5.41) is 13.1. The van der Waals surface area contributed by atoms with Crippen molar-refractivity contribution < 1.29 is 4.74 Å². The van der Waals surface area contributed by atoms with Gasteiger partial charge in [0, 0.05) is 20.1 Å². The first-order valence-corrected chi connectivity index (χ1v) is 6.37. The molecule has 1 aromatic heterocycles. The standard InChI is InChI=1S/C10H18N4OS/c1-7-4-14(5-8(2)15-7)6-9-12-13-10(11-3)16-9/h7-8H,4-6H2,1-3H3,(H,11,13). The van der Waals surface area contributed by atoms with Crippen LogP contribution in [0.15, 0.2) is 0 Å². The van der Waals surface area contributed by atoms with E-state index in [4.69, 9.17) is 4.74 Å². The summed E-state index contributed by atoms with van der Waals surface area (Å²) in [5.74, 6) is 0. The lowest BCUT2D eigenvalue weighted by molar-refractivity contribution is -0.0705. The van der Waals surface area contributed by atoms with Crippen LogP contribution >= 0.6 is 11.3 Å². The van der Waals surface area contributed by atoms with Gasteiger partial charge in [-0.3, -0.25) is 4.90 Å². The summed E-state index contributed by atoms with van der Waals surface area (Å²) in [6, 6.07) is 0. The third-order valence-electron chi connectivity index (χ3n) is 2.53. The maximum atomic E-state index is 5.69. The molecule has 0 radical (unpaired) electrons. The molecule has 2 heterocycles. The molecule has 0 aliphatic carbocycles. The number of hydrogen-bond acceptors (Lipinski definition) is 6. The van der Waals surface area contributed by atoms with Crippen molar-refractivity contribution in [2.24, 2.45) is 0 Å². The van der Waals surface area contributed by atoms with Gasteiger partial charge in [0.15, 0.2) is 0 Å². The molecule has 0 spiro atoms. The van der Waals surface area contributed by atoms with Crippen LogP contribution in [-0.2, 0) is 11.3 Å². The summed E-state index contributed by atoms with van der Waals surface area (Å²) >= 11 is 1.61. The summed E-state index contributed by atoms with van der Waals surface area (Å²) in [7, 11) is 1.86. The van der Waals surface area contributed by atoms with E-state index < -0.39 is 0 Å². The Hall–Kier alpha value is -0.720. The second-order valence-corrected chi connectivity index (χ2v) is 5.26. The number of anilines is 1. The lowest BCUT2D eigenvalue weighted by atomic mass is 10.2. The molecule has 2 rings (SSSR count). The van der Waals surface area contributed by atoms with E-state index in [1.54, 1.807) is 11.3 Å². The lowest BCUT2D eigenvalue weighted by Gasteiger charge is -2.34. The Balaban J connectivity index is 1.93. The fraction of sp³-hybridized carbons (Fsp3) is 0.800. The molecule has 1 saturated heterocycles. The first-order chi connectivity index (χ1) is 7.67. The van der Waals surface area contributed by atoms with Crippen LogP contribution in [0.2, 0.25) is 0 Å². The van der Waals surface area contributed by atoms with Gasteiger partial charge in [0.1, 0.15) is 5.01 Å². The predicted octanol–water partition coefficient (Wildman–Crippen LogP) is 1.19. The van der Waals surface area contributed by atoms with Gasteiger partial charge in [-0.15, -0.1) is 10.2 Å². The van der Waals surface area contributed by atoms with Gasteiger partial charge in [0.2, 0.25) is 5.13 Å². The lowest BCUT2D eigenvalue weighted by Crippen LogP contribution is -2.44. The number of rotatable bonds is 3. The van der Waals surface area contributed by atoms with Gasteiger partial charge < -0.3 is 10.1 Å². The van der Waals surface area contributed by atoms with Crippen LogP contribution in [-0.4, -0.2) is 47.4 Å².